The third-order valence-electron chi connectivity index (χ3n) is 7.78. The molecule has 3 aliphatic carbocycles. The van der Waals surface area contributed by atoms with Gasteiger partial charge in [-0.1, -0.05) is 99.6 Å². The molecule has 0 amide bonds. The van der Waals surface area contributed by atoms with Crippen LogP contribution in [0.3, 0.4) is 0 Å². The Morgan fingerprint density at radius 1 is 0.553 bits per heavy atom. The Morgan fingerprint density at radius 3 is 1.45 bits per heavy atom. The summed E-state index contributed by atoms with van der Waals surface area (Å²) in [6, 6.07) is 32.8. The maximum absolute atomic E-state index is 13.4. The third-order valence-corrected chi connectivity index (χ3v) is 7.78. The fourth-order valence-electron chi connectivity index (χ4n) is 5.90. The molecule has 4 heteroatoms. The van der Waals surface area contributed by atoms with Gasteiger partial charge in [-0.25, -0.2) is 9.59 Å². The van der Waals surface area contributed by atoms with Gasteiger partial charge < -0.3 is 9.47 Å². The lowest BCUT2D eigenvalue weighted by molar-refractivity contribution is -0.0557. The monoisotopic (exact) mass is 502 g/mol. The van der Waals surface area contributed by atoms with Gasteiger partial charge in [0.25, 0.3) is 0 Å². The number of rotatable bonds is 4. The first-order valence-corrected chi connectivity index (χ1v) is 13.1. The van der Waals surface area contributed by atoms with E-state index in [1.807, 2.05) is 48.5 Å². The molecule has 0 aromatic heterocycles. The first kappa shape index (κ1) is 24.2. The van der Waals surface area contributed by atoms with Crippen LogP contribution in [-0.4, -0.2) is 24.1 Å². The average molecular weight is 503 g/mol. The molecule has 190 valence electrons. The fraction of sp³-hybridized carbons (Fsp3) is 0.235. The molecule has 3 aliphatic rings. The molecule has 2 unspecified atom stereocenters. The van der Waals surface area contributed by atoms with Gasteiger partial charge in [-0.05, 0) is 57.5 Å². The summed E-state index contributed by atoms with van der Waals surface area (Å²) in [7, 11) is 0. The fourth-order valence-corrected chi connectivity index (χ4v) is 5.90. The maximum Gasteiger partial charge on any atom is 0.338 e. The Hall–Kier alpha value is -4.18. The zero-order valence-electron chi connectivity index (χ0n) is 21.8. The Balaban J connectivity index is 1.49. The van der Waals surface area contributed by atoms with Crippen molar-refractivity contribution in [3.8, 4) is 0 Å². The third kappa shape index (κ3) is 4.10. The number of carbonyl (C=O) groups is 2. The molecule has 0 heterocycles. The first-order chi connectivity index (χ1) is 18.3. The molecule has 38 heavy (non-hydrogen) atoms. The molecule has 2 bridgehead atoms. The topological polar surface area (TPSA) is 52.6 Å². The van der Waals surface area contributed by atoms with E-state index in [1.165, 1.54) is 5.56 Å². The van der Waals surface area contributed by atoms with E-state index in [4.69, 9.17) is 9.47 Å². The number of hydrogen-bond donors (Lipinski definition) is 0. The molecule has 4 nitrogen and oxygen atoms in total. The lowest BCUT2D eigenvalue weighted by Gasteiger charge is -2.49. The van der Waals surface area contributed by atoms with E-state index >= 15 is 0 Å². The molecule has 4 atom stereocenters. The van der Waals surface area contributed by atoms with Crippen molar-refractivity contribution in [2.45, 2.75) is 50.2 Å². The molecule has 0 N–H and O–H groups in total. The summed E-state index contributed by atoms with van der Waals surface area (Å²) in [6.45, 7) is 6.59. The quantitative estimate of drug-likeness (QED) is 0.281. The minimum absolute atomic E-state index is 0.0410. The van der Waals surface area contributed by atoms with Gasteiger partial charge in [-0.2, -0.15) is 0 Å². The molecule has 4 aromatic rings. The predicted octanol–water partition coefficient (Wildman–Crippen LogP) is 7.03. The number of hydrogen-bond acceptors (Lipinski definition) is 4. The normalized spacial score (nSPS) is 21.2. The first-order valence-electron chi connectivity index (χ1n) is 13.1. The highest BCUT2D eigenvalue weighted by molar-refractivity contribution is 5.90. The highest BCUT2D eigenvalue weighted by Crippen LogP contribution is 2.55. The number of esters is 2. The summed E-state index contributed by atoms with van der Waals surface area (Å²) < 4.78 is 12.5. The number of carbonyl (C=O) groups excluding carboxylic acids is 2. The SMILES string of the molecule is CC(C)(C)c1ccc2c(c1)[C@H]1c3ccccc3[C@H]2C(OC(=O)c2ccccc2)C1OC(=O)c1ccccc1. The van der Waals surface area contributed by atoms with Gasteiger partial charge in [0.1, 0.15) is 0 Å². The van der Waals surface area contributed by atoms with E-state index < -0.39 is 24.1 Å². The van der Waals surface area contributed by atoms with Crippen molar-refractivity contribution in [3.05, 3.63) is 142 Å². The molecule has 0 aliphatic heterocycles. The molecular weight excluding hydrogens is 472 g/mol. The number of ether oxygens (including phenoxy) is 2. The molecule has 7 rings (SSSR count). The van der Waals surface area contributed by atoms with E-state index in [1.54, 1.807) is 24.3 Å². The Kier molecular flexibility index (Phi) is 5.91. The van der Waals surface area contributed by atoms with E-state index in [0.29, 0.717) is 11.1 Å². The van der Waals surface area contributed by atoms with Crippen LogP contribution in [0.2, 0.25) is 0 Å². The summed E-state index contributed by atoms with van der Waals surface area (Å²) >= 11 is 0. The second-order valence-electron chi connectivity index (χ2n) is 11.1. The molecule has 0 saturated carbocycles. The second-order valence-corrected chi connectivity index (χ2v) is 11.1. The maximum atomic E-state index is 13.4. The predicted molar refractivity (Wildman–Crippen MR) is 147 cm³/mol. The van der Waals surface area contributed by atoms with E-state index in [2.05, 4.69) is 51.1 Å². The highest BCUT2D eigenvalue weighted by Gasteiger charge is 2.54. The van der Waals surface area contributed by atoms with Gasteiger partial charge in [0.2, 0.25) is 0 Å². The van der Waals surface area contributed by atoms with Crippen LogP contribution >= 0.6 is 0 Å². The zero-order valence-corrected chi connectivity index (χ0v) is 21.8. The van der Waals surface area contributed by atoms with Crippen molar-refractivity contribution in [1.82, 2.24) is 0 Å². The summed E-state index contributed by atoms with van der Waals surface area (Å²) in [6.07, 6.45) is -1.33. The summed E-state index contributed by atoms with van der Waals surface area (Å²) in [5.41, 5.74) is 6.62. The Morgan fingerprint density at radius 2 is 0.974 bits per heavy atom. The summed E-state index contributed by atoms with van der Waals surface area (Å²) in [5.74, 6) is -1.35. The van der Waals surface area contributed by atoms with Gasteiger partial charge in [-0.15, -0.1) is 0 Å². The largest absolute Gasteiger partial charge is 0.454 e. The minimum Gasteiger partial charge on any atom is -0.454 e. The van der Waals surface area contributed by atoms with Crippen molar-refractivity contribution in [1.29, 1.82) is 0 Å². The Labute approximate surface area is 223 Å². The Bertz CT molecular complexity index is 1500. The van der Waals surface area contributed by atoms with Crippen LogP contribution in [0.15, 0.2) is 103 Å². The minimum atomic E-state index is -0.669. The molecular formula is C34H30O4. The van der Waals surface area contributed by atoms with Crippen LogP contribution in [-0.2, 0) is 14.9 Å². The van der Waals surface area contributed by atoms with Gasteiger partial charge >= 0.3 is 11.9 Å². The number of benzene rings is 4. The standard InChI is InChI=1S/C34H30O4/c1-34(2,3)23-18-19-26-27(20-23)29-25-17-11-10-16-24(25)28(26)30(37-32(35)21-12-6-4-7-13-21)31(29)38-33(36)22-14-8-5-9-15-22/h4-20,28-31H,1-3H3/t28-,29-,30?,31?/m1/s1. The van der Waals surface area contributed by atoms with Crippen LogP contribution in [0.1, 0.15) is 81.1 Å². The lowest BCUT2D eigenvalue weighted by Crippen LogP contribution is -2.51. The molecule has 4 aromatic carbocycles. The lowest BCUT2D eigenvalue weighted by atomic mass is 9.60. The van der Waals surface area contributed by atoms with Gasteiger partial charge in [0.05, 0.1) is 23.0 Å². The van der Waals surface area contributed by atoms with Crippen molar-refractivity contribution >= 4 is 11.9 Å². The summed E-state index contributed by atoms with van der Waals surface area (Å²) in [4.78, 5) is 26.7. The van der Waals surface area contributed by atoms with E-state index in [0.717, 1.165) is 22.3 Å². The van der Waals surface area contributed by atoms with Crippen molar-refractivity contribution < 1.29 is 19.1 Å². The van der Waals surface area contributed by atoms with Crippen LogP contribution in [0.25, 0.3) is 0 Å². The summed E-state index contributed by atoms with van der Waals surface area (Å²) in [5, 5.41) is 0. The molecule has 0 saturated heterocycles. The number of fused-ring (bicyclic) bond motifs is 1. The van der Waals surface area contributed by atoms with Crippen molar-refractivity contribution in [2.75, 3.05) is 0 Å². The van der Waals surface area contributed by atoms with Gasteiger partial charge in [-0.3, -0.25) is 0 Å². The highest BCUT2D eigenvalue weighted by atomic mass is 16.6. The van der Waals surface area contributed by atoms with Crippen LogP contribution in [0.5, 0.6) is 0 Å². The average Bonchev–Trinajstić information content (AvgIpc) is 2.94. The van der Waals surface area contributed by atoms with Crippen LogP contribution in [0.4, 0.5) is 0 Å². The molecule has 0 spiro atoms. The van der Waals surface area contributed by atoms with Gasteiger partial charge in [0.15, 0.2) is 12.2 Å². The van der Waals surface area contributed by atoms with Crippen LogP contribution < -0.4 is 0 Å². The van der Waals surface area contributed by atoms with Crippen molar-refractivity contribution in [2.24, 2.45) is 0 Å². The second kappa shape index (κ2) is 9.29. The van der Waals surface area contributed by atoms with E-state index in [9.17, 15) is 9.59 Å². The smallest absolute Gasteiger partial charge is 0.338 e. The van der Waals surface area contributed by atoms with Crippen LogP contribution in [0, 0.1) is 0 Å². The van der Waals surface area contributed by atoms with E-state index in [-0.39, 0.29) is 17.3 Å². The molecule has 0 radical (unpaired) electrons. The molecule has 0 fully saturated rings. The van der Waals surface area contributed by atoms with Gasteiger partial charge in [0, 0.05) is 0 Å². The van der Waals surface area contributed by atoms with Crippen molar-refractivity contribution in [3.63, 3.8) is 0 Å². The zero-order chi connectivity index (χ0) is 26.4.